The Morgan fingerprint density at radius 2 is 0.831 bits per heavy atom. The van der Waals surface area contributed by atoms with Crippen LogP contribution < -0.4 is 0 Å². The van der Waals surface area contributed by atoms with Crippen molar-refractivity contribution in [2.45, 2.75) is 289 Å². The molecule has 0 aromatic carbocycles. The molecule has 1 heterocycles. The van der Waals surface area contributed by atoms with Crippen LogP contribution in [0.5, 0.6) is 0 Å². The number of carbonyl (C=O) groups excluding carboxylic acids is 3. The molecule has 440 valence electrons. The summed E-state index contributed by atoms with van der Waals surface area (Å²) in [5.41, 5.74) is 0. The van der Waals surface area contributed by atoms with E-state index in [1.807, 2.05) is 6.08 Å². The van der Waals surface area contributed by atoms with Gasteiger partial charge in [-0.05, 0) is 109 Å². The van der Waals surface area contributed by atoms with Gasteiger partial charge in [-0.3, -0.25) is 14.4 Å². The zero-order valence-electron chi connectivity index (χ0n) is 48.4. The average molecular weight is 1080 g/mol. The third-order valence-electron chi connectivity index (χ3n) is 13.4. The zero-order valence-corrected chi connectivity index (χ0v) is 48.4. The largest absolute Gasteiger partial charge is 0.479 e. The van der Waals surface area contributed by atoms with Crippen LogP contribution in [0.4, 0.5) is 0 Å². The molecule has 1 aliphatic heterocycles. The molecule has 1 fully saturated rings. The summed E-state index contributed by atoms with van der Waals surface area (Å²) < 4.78 is 28.4. The molecule has 3 N–H and O–H groups in total. The number of hydrogen-bond donors (Lipinski definition) is 3. The Morgan fingerprint density at radius 3 is 1.30 bits per heavy atom. The van der Waals surface area contributed by atoms with Crippen LogP contribution in [0, 0.1) is 0 Å². The van der Waals surface area contributed by atoms with Crippen LogP contribution in [-0.4, -0.2) is 89.2 Å². The smallest absolute Gasteiger partial charge is 0.335 e. The third-order valence-corrected chi connectivity index (χ3v) is 13.4. The molecule has 6 atom stereocenters. The number of aliphatic hydroxyl groups excluding tert-OH is 2. The van der Waals surface area contributed by atoms with E-state index in [0.29, 0.717) is 25.7 Å². The fourth-order valence-corrected chi connectivity index (χ4v) is 8.75. The molecule has 12 nitrogen and oxygen atoms in total. The van der Waals surface area contributed by atoms with Gasteiger partial charge in [0.25, 0.3) is 0 Å². The van der Waals surface area contributed by atoms with Crippen molar-refractivity contribution >= 4 is 23.9 Å². The first-order valence-electron chi connectivity index (χ1n) is 30.6. The lowest BCUT2D eigenvalue weighted by atomic mass is 9.98. The average Bonchev–Trinajstić information content (AvgIpc) is 3.42. The van der Waals surface area contributed by atoms with E-state index >= 15 is 0 Å². The Hall–Kier alpha value is -4.10. The number of allylic oxidation sites excluding steroid dienone is 14. The Balaban J connectivity index is 2.74. The first-order chi connectivity index (χ1) is 37.6. The Kier molecular flexibility index (Phi) is 48.4. The van der Waals surface area contributed by atoms with Crippen LogP contribution in [0.15, 0.2) is 85.1 Å². The predicted octanol–water partition coefficient (Wildman–Crippen LogP) is 15.9. The topological polar surface area (TPSA) is 175 Å². The van der Waals surface area contributed by atoms with Gasteiger partial charge in [-0.2, -0.15) is 0 Å². The van der Waals surface area contributed by atoms with Crippen molar-refractivity contribution in [3.8, 4) is 0 Å². The lowest BCUT2D eigenvalue weighted by Gasteiger charge is -2.40. The van der Waals surface area contributed by atoms with E-state index in [2.05, 4.69) is 99.8 Å². The van der Waals surface area contributed by atoms with E-state index in [-0.39, 0.29) is 25.9 Å². The van der Waals surface area contributed by atoms with Crippen molar-refractivity contribution in [2.24, 2.45) is 0 Å². The van der Waals surface area contributed by atoms with Gasteiger partial charge in [0.1, 0.15) is 18.8 Å². The summed E-state index contributed by atoms with van der Waals surface area (Å²) in [6.45, 7) is 5.81. The van der Waals surface area contributed by atoms with Gasteiger partial charge < -0.3 is 39.0 Å². The van der Waals surface area contributed by atoms with E-state index in [0.717, 1.165) is 109 Å². The number of aliphatic carboxylic acids is 1. The van der Waals surface area contributed by atoms with Crippen LogP contribution >= 0.6 is 0 Å². The fourth-order valence-electron chi connectivity index (χ4n) is 8.75. The molecule has 6 unspecified atom stereocenters. The van der Waals surface area contributed by atoms with Crippen LogP contribution in [0.25, 0.3) is 0 Å². The highest BCUT2D eigenvalue weighted by atomic mass is 16.7. The number of aliphatic hydroxyl groups is 2. The quantitative estimate of drug-likeness (QED) is 0.0228. The van der Waals surface area contributed by atoms with Gasteiger partial charge in [0.15, 0.2) is 24.6 Å². The number of rotatable bonds is 51. The van der Waals surface area contributed by atoms with Gasteiger partial charge in [0.2, 0.25) is 0 Å². The molecular formula is C65H108O12. The van der Waals surface area contributed by atoms with Crippen molar-refractivity contribution in [3.05, 3.63) is 85.1 Å². The molecule has 1 saturated heterocycles. The maximum absolute atomic E-state index is 13.2. The molecule has 0 amide bonds. The second-order valence-electron chi connectivity index (χ2n) is 20.6. The number of carboxylic acids is 1. The normalized spacial score (nSPS) is 18.6. The summed E-state index contributed by atoms with van der Waals surface area (Å²) in [6, 6.07) is 0. The highest BCUT2D eigenvalue weighted by molar-refractivity contribution is 5.74. The zero-order chi connectivity index (χ0) is 56.1. The van der Waals surface area contributed by atoms with Gasteiger partial charge >= 0.3 is 23.9 Å². The third kappa shape index (κ3) is 42.5. The number of carboxylic acid groups (broad SMARTS) is 1. The summed E-state index contributed by atoms with van der Waals surface area (Å²) >= 11 is 0. The summed E-state index contributed by atoms with van der Waals surface area (Å²) in [5.74, 6) is -3.22. The molecule has 0 bridgehead atoms. The molecule has 77 heavy (non-hydrogen) atoms. The lowest BCUT2D eigenvalue weighted by molar-refractivity contribution is -0.301. The summed E-state index contributed by atoms with van der Waals surface area (Å²) in [4.78, 5) is 51.2. The molecule has 0 saturated carbocycles. The summed E-state index contributed by atoms with van der Waals surface area (Å²) in [6.07, 6.45) is 55.5. The van der Waals surface area contributed by atoms with Crippen molar-refractivity contribution in [3.63, 3.8) is 0 Å². The minimum atomic E-state index is -1.92. The molecule has 0 spiro atoms. The van der Waals surface area contributed by atoms with Crippen LogP contribution in [0.2, 0.25) is 0 Å². The standard InChI is InChI=1S/C65H108O12/c1-4-7-10-13-16-19-22-25-28-29-32-33-36-39-42-45-48-51-57(66)73-54-56(75-58(67)52-49-46-43-40-37-34-30-26-23-20-17-14-11-8-5-2)55-74-65-63(61(70)60(69)62(77-65)64(71)72)76-59(68)53-50-47-44-41-38-35-31-27-24-21-18-15-12-9-6-3/h7,10,16,19,25-28,30-33,39,42,56,60-63,65,69-70H,4-6,8-9,11-15,17-18,20-24,29,34-38,40-41,43-55H2,1-3H3,(H,71,72)/b10-7-,19-16-,28-25-,30-26-,31-27-,33-32-,42-39-. The van der Waals surface area contributed by atoms with E-state index in [9.17, 15) is 34.5 Å². The molecule has 0 radical (unpaired) electrons. The second-order valence-corrected chi connectivity index (χ2v) is 20.6. The van der Waals surface area contributed by atoms with Gasteiger partial charge in [-0.25, -0.2) is 4.79 Å². The minimum absolute atomic E-state index is 0.0418. The van der Waals surface area contributed by atoms with Gasteiger partial charge in [0, 0.05) is 19.3 Å². The van der Waals surface area contributed by atoms with E-state index in [4.69, 9.17) is 23.7 Å². The highest BCUT2D eigenvalue weighted by Crippen LogP contribution is 2.26. The SMILES string of the molecule is CC/C=C\C/C=C\C/C=C\C/C=C\C/C=C\CCCC(=O)OCC(COC1OC(C(=O)O)C(O)C(O)C1OC(=O)CCCCCCC/C=C\CCCCCCCC)OC(=O)CCCCCCC/C=C\CCCCCCCC. The Labute approximate surface area is 467 Å². The minimum Gasteiger partial charge on any atom is -0.479 e. The summed E-state index contributed by atoms with van der Waals surface area (Å²) in [7, 11) is 0. The molecule has 12 heteroatoms. The van der Waals surface area contributed by atoms with Gasteiger partial charge in [-0.1, -0.05) is 209 Å². The fraction of sp³-hybridized carbons (Fsp3) is 0.723. The molecular weight excluding hydrogens is 973 g/mol. The van der Waals surface area contributed by atoms with Gasteiger partial charge in [0.05, 0.1) is 6.61 Å². The Bertz CT molecular complexity index is 1660. The molecule has 1 rings (SSSR count). The number of hydrogen-bond acceptors (Lipinski definition) is 11. The monoisotopic (exact) mass is 1080 g/mol. The van der Waals surface area contributed by atoms with E-state index < -0.39 is 67.3 Å². The van der Waals surface area contributed by atoms with E-state index in [1.54, 1.807) is 0 Å². The van der Waals surface area contributed by atoms with Crippen LogP contribution in [-0.2, 0) is 42.9 Å². The second kappa shape index (κ2) is 52.6. The van der Waals surface area contributed by atoms with Crippen molar-refractivity contribution in [1.29, 1.82) is 0 Å². The highest BCUT2D eigenvalue weighted by Gasteiger charge is 2.50. The molecule has 0 aromatic heterocycles. The van der Waals surface area contributed by atoms with E-state index in [1.165, 1.54) is 77.0 Å². The Morgan fingerprint density at radius 1 is 0.442 bits per heavy atom. The summed E-state index contributed by atoms with van der Waals surface area (Å²) in [5, 5.41) is 31.5. The number of carbonyl (C=O) groups is 4. The number of esters is 3. The number of unbranched alkanes of at least 4 members (excludes halogenated alkanes) is 23. The van der Waals surface area contributed by atoms with Crippen molar-refractivity contribution in [2.75, 3.05) is 13.2 Å². The maximum atomic E-state index is 13.2. The molecule has 0 aliphatic carbocycles. The van der Waals surface area contributed by atoms with Crippen molar-refractivity contribution < 1.29 is 58.2 Å². The number of ether oxygens (including phenoxy) is 5. The lowest BCUT2D eigenvalue weighted by Crippen LogP contribution is -2.61. The first kappa shape index (κ1) is 70.9. The van der Waals surface area contributed by atoms with Crippen LogP contribution in [0.1, 0.15) is 252 Å². The molecule has 1 aliphatic rings. The maximum Gasteiger partial charge on any atom is 0.335 e. The molecule has 0 aromatic rings. The van der Waals surface area contributed by atoms with Crippen LogP contribution in [0.3, 0.4) is 0 Å². The van der Waals surface area contributed by atoms with Gasteiger partial charge in [-0.15, -0.1) is 0 Å². The first-order valence-corrected chi connectivity index (χ1v) is 30.6. The predicted molar refractivity (Wildman–Crippen MR) is 312 cm³/mol. The van der Waals surface area contributed by atoms with Crippen molar-refractivity contribution in [1.82, 2.24) is 0 Å².